The highest BCUT2D eigenvalue weighted by Crippen LogP contribution is 2.52. The normalized spacial score (nSPS) is 18.1. The lowest BCUT2D eigenvalue weighted by Crippen LogP contribution is -2.40. The fraction of sp³-hybridized carbons (Fsp3) is 0.321. The van der Waals surface area contributed by atoms with Crippen molar-refractivity contribution in [1.29, 1.82) is 0 Å². The minimum absolute atomic E-state index is 0.102. The summed E-state index contributed by atoms with van der Waals surface area (Å²) in [6.45, 7) is 0.102. The Morgan fingerprint density at radius 1 is 0.900 bits per heavy atom. The number of hydrogen-bond acceptors (Lipinski definition) is 7. The van der Waals surface area contributed by atoms with Crippen LogP contribution in [0.2, 0.25) is 15.1 Å². The van der Waals surface area contributed by atoms with Crippen LogP contribution < -0.4 is 4.18 Å². The molecule has 0 saturated carbocycles. The van der Waals surface area contributed by atoms with Gasteiger partial charge in [0.05, 0.1) is 11.4 Å². The second-order valence-electron chi connectivity index (χ2n) is 9.80. The first-order chi connectivity index (χ1) is 19.0. The van der Waals surface area contributed by atoms with E-state index in [2.05, 4.69) is 0 Å². The minimum Gasteiger partial charge on any atom is -0.481 e. The Morgan fingerprint density at radius 2 is 1.48 bits per heavy atom. The van der Waals surface area contributed by atoms with E-state index in [1.165, 1.54) is 36.4 Å². The lowest BCUT2D eigenvalue weighted by Gasteiger charge is -2.44. The van der Waals surface area contributed by atoms with Gasteiger partial charge in [-0.3, -0.25) is 14.4 Å². The molecule has 0 aromatic heterocycles. The van der Waals surface area contributed by atoms with E-state index in [0.717, 1.165) is 0 Å². The molecule has 40 heavy (non-hydrogen) atoms. The van der Waals surface area contributed by atoms with Crippen molar-refractivity contribution < 1.29 is 32.1 Å². The van der Waals surface area contributed by atoms with Crippen LogP contribution in [-0.2, 0) is 24.5 Å². The summed E-state index contributed by atoms with van der Waals surface area (Å²) in [5.41, 5.74) is 2.09. The zero-order chi connectivity index (χ0) is 28.8. The predicted molar refractivity (Wildman–Crippen MR) is 149 cm³/mol. The van der Waals surface area contributed by atoms with Crippen LogP contribution in [0.25, 0.3) is 0 Å². The fourth-order valence-electron chi connectivity index (χ4n) is 5.65. The monoisotopic (exact) mass is 623 g/mol. The van der Waals surface area contributed by atoms with Gasteiger partial charge in [0, 0.05) is 63.5 Å². The number of halogens is 3. The van der Waals surface area contributed by atoms with Crippen LogP contribution in [0.4, 0.5) is 0 Å². The standard InChI is InChI=1S/C28H24Cl3NO7S/c29-15-7-9-17(10-8-15)40(37,38)39-28-18(13-16(30)14-19(28)31)25-26-20(3-1-5-22(26)33)32(12-11-24(35)36)21-4-2-6-23(34)27(21)25/h7-10,13-14,25H,1-6,11-12H2,(H,35,36). The molecule has 12 heteroatoms. The highest BCUT2D eigenvalue weighted by molar-refractivity contribution is 7.87. The van der Waals surface area contributed by atoms with Crippen molar-refractivity contribution in [1.82, 2.24) is 4.90 Å². The molecule has 0 radical (unpaired) electrons. The number of aliphatic carboxylic acids is 1. The number of allylic oxidation sites excluding steroid dienone is 4. The van der Waals surface area contributed by atoms with Crippen LogP contribution in [0.3, 0.4) is 0 Å². The second-order valence-corrected chi connectivity index (χ2v) is 12.6. The van der Waals surface area contributed by atoms with E-state index in [1.54, 1.807) is 4.90 Å². The van der Waals surface area contributed by atoms with Crippen molar-refractivity contribution in [2.75, 3.05) is 6.54 Å². The maximum absolute atomic E-state index is 13.5. The molecule has 1 N–H and O–H groups in total. The molecule has 2 aromatic carbocycles. The summed E-state index contributed by atoms with van der Waals surface area (Å²) in [7, 11) is -4.41. The van der Waals surface area contributed by atoms with Gasteiger partial charge in [-0.05, 0) is 62.1 Å². The molecule has 8 nitrogen and oxygen atoms in total. The van der Waals surface area contributed by atoms with Crippen molar-refractivity contribution in [2.45, 2.75) is 55.8 Å². The van der Waals surface area contributed by atoms with Gasteiger partial charge in [-0.1, -0.05) is 34.8 Å². The highest BCUT2D eigenvalue weighted by Gasteiger charge is 2.45. The van der Waals surface area contributed by atoms with E-state index < -0.39 is 22.0 Å². The molecule has 2 aliphatic carbocycles. The Balaban J connectivity index is 1.72. The fourth-order valence-corrected chi connectivity index (χ4v) is 7.34. The van der Waals surface area contributed by atoms with Gasteiger partial charge in [0.2, 0.25) is 0 Å². The molecule has 0 fully saturated rings. The van der Waals surface area contributed by atoms with E-state index in [1.807, 2.05) is 0 Å². The molecule has 3 aliphatic rings. The van der Waals surface area contributed by atoms with Gasteiger partial charge >= 0.3 is 16.1 Å². The van der Waals surface area contributed by atoms with Gasteiger partial charge in [0.15, 0.2) is 17.3 Å². The van der Waals surface area contributed by atoms with Crippen LogP contribution >= 0.6 is 34.8 Å². The van der Waals surface area contributed by atoms with Gasteiger partial charge in [-0.2, -0.15) is 8.42 Å². The molecule has 0 unspecified atom stereocenters. The Bertz CT molecular complexity index is 1550. The number of rotatable bonds is 7. The lowest BCUT2D eigenvalue weighted by atomic mass is 9.70. The zero-order valence-electron chi connectivity index (χ0n) is 21.1. The molecule has 1 heterocycles. The average molecular weight is 625 g/mol. The Morgan fingerprint density at radius 3 is 2.02 bits per heavy atom. The van der Waals surface area contributed by atoms with Gasteiger partial charge in [-0.15, -0.1) is 0 Å². The summed E-state index contributed by atoms with van der Waals surface area (Å²) in [4.78, 5) is 40.2. The van der Waals surface area contributed by atoms with Crippen LogP contribution in [0, 0.1) is 0 Å². The quantitative estimate of drug-likeness (QED) is 0.357. The Kier molecular flexibility index (Phi) is 8.03. The molecule has 210 valence electrons. The van der Waals surface area contributed by atoms with E-state index in [-0.39, 0.29) is 63.6 Å². The average Bonchev–Trinajstić information content (AvgIpc) is 2.89. The number of carbonyl (C=O) groups is 3. The smallest absolute Gasteiger partial charge is 0.339 e. The van der Waals surface area contributed by atoms with Crippen molar-refractivity contribution in [2.24, 2.45) is 0 Å². The van der Waals surface area contributed by atoms with Crippen molar-refractivity contribution in [3.05, 3.63) is 79.6 Å². The maximum Gasteiger partial charge on any atom is 0.339 e. The molecule has 2 aromatic rings. The third-order valence-corrected chi connectivity index (χ3v) is 9.27. The van der Waals surface area contributed by atoms with E-state index >= 15 is 0 Å². The summed E-state index contributed by atoms with van der Waals surface area (Å²) in [5, 5.41) is 9.78. The summed E-state index contributed by atoms with van der Waals surface area (Å²) in [6.07, 6.45) is 2.39. The molecule has 0 spiro atoms. The Labute approximate surface area is 246 Å². The van der Waals surface area contributed by atoms with Crippen molar-refractivity contribution in [3.8, 4) is 5.75 Å². The molecule has 1 aliphatic heterocycles. The molecule has 5 rings (SSSR count). The Hall–Kier alpha value is -2.85. The summed E-state index contributed by atoms with van der Waals surface area (Å²) >= 11 is 18.9. The van der Waals surface area contributed by atoms with E-state index in [4.69, 9.17) is 39.0 Å². The predicted octanol–water partition coefficient (Wildman–Crippen LogP) is 6.30. The number of carboxylic acids is 1. The summed E-state index contributed by atoms with van der Waals surface area (Å²) < 4.78 is 32.2. The first-order valence-corrected chi connectivity index (χ1v) is 15.2. The number of nitrogens with zero attached hydrogens (tertiary/aromatic N) is 1. The lowest BCUT2D eigenvalue weighted by molar-refractivity contribution is -0.137. The van der Waals surface area contributed by atoms with E-state index in [0.29, 0.717) is 53.2 Å². The maximum atomic E-state index is 13.5. The number of benzene rings is 2. The molecule has 0 saturated heterocycles. The molecule has 0 amide bonds. The molecular formula is C28H24Cl3NO7S. The molecule has 0 bridgehead atoms. The third-order valence-electron chi connectivity index (χ3n) is 7.28. The van der Waals surface area contributed by atoms with Gasteiger partial charge in [0.1, 0.15) is 4.90 Å². The van der Waals surface area contributed by atoms with Crippen LogP contribution in [-0.4, -0.2) is 42.5 Å². The van der Waals surface area contributed by atoms with Gasteiger partial charge in [-0.25, -0.2) is 0 Å². The molecule has 0 atom stereocenters. The summed E-state index contributed by atoms with van der Waals surface area (Å²) in [5.74, 6) is -2.63. The largest absolute Gasteiger partial charge is 0.481 e. The first kappa shape index (κ1) is 28.7. The third kappa shape index (κ3) is 5.40. The van der Waals surface area contributed by atoms with Crippen LogP contribution in [0.15, 0.2) is 63.8 Å². The van der Waals surface area contributed by atoms with Gasteiger partial charge in [0.25, 0.3) is 0 Å². The number of Topliss-reactive ketones (excluding diaryl/α,β-unsaturated/α-hetero) is 2. The number of hydrogen-bond donors (Lipinski definition) is 1. The number of carbonyl (C=O) groups excluding carboxylic acids is 2. The zero-order valence-corrected chi connectivity index (χ0v) is 24.2. The van der Waals surface area contributed by atoms with Gasteiger partial charge < -0.3 is 14.2 Å². The second kappa shape index (κ2) is 11.2. The van der Waals surface area contributed by atoms with Crippen LogP contribution in [0.5, 0.6) is 5.75 Å². The van der Waals surface area contributed by atoms with Crippen molar-refractivity contribution >= 4 is 62.5 Å². The minimum atomic E-state index is -4.41. The number of carboxylic acid groups (broad SMARTS) is 1. The SMILES string of the molecule is O=C(O)CCN1C2=C(C(=O)CCC2)C(c2cc(Cl)cc(Cl)c2OS(=O)(=O)c2ccc(Cl)cc2)C2=C1CCCC2=O. The van der Waals surface area contributed by atoms with Crippen LogP contribution in [0.1, 0.15) is 56.4 Å². The van der Waals surface area contributed by atoms with Crippen molar-refractivity contribution in [3.63, 3.8) is 0 Å². The summed E-state index contributed by atoms with van der Waals surface area (Å²) in [6, 6.07) is 8.20. The van der Waals surface area contributed by atoms with E-state index in [9.17, 15) is 27.9 Å². The first-order valence-electron chi connectivity index (χ1n) is 12.7. The topological polar surface area (TPSA) is 118 Å². The molecular weight excluding hydrogens is 601 g/mol. The highest BCUT2D eigenvalue weighted by atomic mass is 35.5. The number of ketones is 2.